The lowest BCUT2D eigenvalue weighted by molar-refractivity contribution is 0.500. The molecule has 2 fully saturated rings. The van der Waals surface area contributed by atoms with Gasteiger partial charge in [-0.15, -0.1) is 0 Å². The first-order chi connectivity index (χ1) is 9.85. The van der Waals surface area contributed by atoms with Crippen LogP contribution in [-0.2, 0) is 6.42 Å². The minimum atomic E-state index is 0.604. The van der Waals surface area contributed by atoms with Gasteiger partial charge >= 0.3 is 0 Å². The maximum atomic E-state index is 4.46. The van der Waals surface area contributed by atoms with E-state index in [2.05, 4.69) is 26.3 Å². The van der Waals surface area contributed by atoms with Crippen molar-refractivity contribution in [3.63, 3.8) is 0 Å². The highest BCUT2D eigenvalue weighted by Gasteiger charge is 2.22. The first kappa shape index (κ1) is 13.8. The molecule has 1 aliphatic heterocycles. The van der Waals surface area contributed by atoms with Crippen LogP contribution < -0.4 is 10.2 Å². The van der Waals surface area contributed by atoms with Gasteiger partial charge in [-0.25, -0.2) is 9.97 Å². The van der Waals surface area contributed by atoms with Crippen LogP contribution in [0.1, 0.15) is 44.2 Å². The van der Waals surface area contributed by atoms with Crippen molar-refractivity contribution in [2.45, 2.75) is 51.0 Å². The molecule has 1 aromatic heterocycles. The number of rotatable bonds is 5. The highest BCUT2D eigenvalue weighted by molar-refractivity contribution is 5.40. The molecular weight excluding hydrogens is 248 g/mol. The second-order valence-corrected chi connectivity index (χ2v) is 6.28. The Morgan fingerprint density at radius 3 is 2.85 bits per heavy atom. The van der Waals surface area contributed by atoms with Gasteiger partial charge in [0.05, 0.1) is 0 Å². The van der Waals surface area contributed by atoms with Crippen LogP contribution in [0, 0.1) is 5.92 Å². The molecule has 0 amide bonds. The maximum absolute atomic E-state index is 4.46. The molecule has 110 valence electrons. The van der Waals surface area contributed by atoms with Gasteiger partial charge in [-0.3, -0.25) is 0 Å². The molecule has 2 heterocycles. The monoisotopic (exact) mass is 274 g/mol. The minimum Gasteiger partial charge on any atom is -0.355 e. The molecule has 20 heavy (non-hydrogen) atoms. The third-order valence-electron chi connectivity index (χ3n) is 4.91. The second kappa shape index (κ2) is 6.53. The largest absolute Gasteiger partial charge is 0.355 e. The van der Waals surface area contributed by atoms with Gasteiger partial charge in [-0.2, -0.15) is 0 Å². The zero-order valence-electron chi connectivity index (χ0n) is 12.5. The summed E-state index contributed by atoms with van der Waals surface area (Å²) in [6, 6.07) is 2.80. The number of aryl methyl sites for hydroxylation is 1. The lowest BCUT2D eigenvalue weighted by atomic mass is 10.0. The maximum Gasteiger partial charge on any atom is 0.132 e. The molecule has 4 heteroatoms. The molecule has 3 rings (SSSR count). The minimum absolute atomic E-state index is 0.604. The fourth-order valence-corrected chi connectivity index (χ4v) is 3.55. The molecule has 2 aliphatic rings. The number of hydrogen-bond donors (Lipinski definition) is 1. The number of nitrogens with one attached hydrogen (secondary N) is 1. The van der Waals surface area contributed by atoms with E-state index in [1.54, 1.807) is 6.33 Å². The molecule has 0 spiro atoms. The molecule has 0 radical (unpaired) electrons. The van der Waals surface area contributed by atoms with Gasteiger partial charge in [-0.1, -0.05) is 25.7 Å². The van der Waals surface area contributed by atoms with Crippen molar-refractivity contribution in [3.05, 3.63) is 18.1 Å². The van der Waals surface area contributed by atoms with Crippen LogP contribution in [0.15, 0.2) is 12.4 Å². The molecule has 0 bridgehead atoms. The summed E-state index contributed by atoms with van der Waals surface area (Å²) >= 11 is 0. The molecule has 1 saturated carbocycles. The fourth-order valence-electron chi connectivity index (χ4n) is 3.55. The van der Waals surface area contributed by atoms with Crippen molar-refractivity contribution >= 4 is 5.82 Å². The predicted molar refractivity (Wildman–Crippen MR) is 82.0 cm³/mol. The van der Waals surface area contributed by atoms with E-state index in [1.165, 1.54) is 44.2 Å². The van der Waals surface area contributed by atoms with Crippen molar-refractivity contribution < 1.29 is 0 Å². The fraction of sp³-hybridized carbons (Fsp3) is 0.750. The van der Waals surface area contributed by atoms with E-state index in [1.807, 2.05) is 7.05 Å². The highest BCUT2D eigenvalue weighted by atomic mass is 15.2. The number of hydrogen-bond acceptors (Lipinski definition) is 4. The molecule has 1 N–H and O–H groups in total. The average molecular weight is 274 g/mol. The lowest BCUT2D eigenvalue weighted by Crippen LogP contribution is -2.29. The summed E-state index contributed by atoms with van der Waals surface area (Å²) in [5.74, 6) is 2.05. The van der Waals surface area contributed by atoms with Crippen LogP contribution in [0.3, 0.4) is 0 Å². The summed E-state index contributed by atoms with van der Waals surface area (Å²) in [5.41, 5.74) is 1.22. The van der Waals surface area contributed by atoms with Crippen molar-refractivity contribution in [2.75, 3.05) is 25.0 Å². The van der Waals surface area contributed by atoms with Crippen LogP contribution in [0.4, 0.5) is 5.82 Å². The molecular formula is C16H26N4. The lowest BCUT2D eigenvalue weighted by Gasteiger charge is -2.18. The second-order valence-electron chi connectivity index (χ2n) is 6.28. The van der Waals surface area contributed by atoms with Crippen molar-refractivity contribution in [2.24, 2.45) is 5.92 Å². The third-order valence-corrected chi connectivity index (χ3v) is 4.91. The van der Waals surface area contributed by atoms with Crippen molar-refractivity contribution in [1.82, 2.24) is 15.3 Å². The van der Waals surface area contributed by atoms with E-state index in [0.717, 1.165) is 31.2 Å². The van der Waals surface area contributed by atoms with Gasteiger partial charge in [0.1, 0.15) is 12.1 Å². The summed E-state index contributed by atoms with van der Waals surface area (Å²) in [6.45, 7) is 2.17. The van der Waals surface area contributed by atoms with Gasteiger partial charge in [0.2, 0.25) is 0 Å². The van der Waals surface area contributed by atoms with Crippen LogP contribution in [-0.4, -0.2) is 36.1 Å². The summed E-state index contributed by atoms with van der Waals surface area (Å²) in [7, 11) is 2.04. The van der Waals surface area contributed by atoms with Gasteiger partial charge in [0.15, 0.2) is 0 Å². The van der Waals surface area contributed by atoms with Crippen LogP contribution >= 0.6 is 0 Å². The Balaban J connectivity index is 1.58. The van der Waals surface area contributed by atoms with E-state index in [9.17, 15) is 0 Å². The quantitative estimate of drug-likeness (QED) is 0.895. The van der Waals surface area contributed by atoms with Gasteiger partial charge in [-0.05, 0) is 32.2 Å². The Bertz CT molecular complexity index is 428. The van der Waals surface area contributed by atoms with E-state index in [4.69, 9.17) is 0 Å². The van der Waals surface area contributed by atoms with Gasteiger partial charge in [0, 0.05) is 30.9 Å². The number of aromatic nitrogens is 2. The molecule has 0 unspecified atom stereocenters. The Morgan fingerprint density at radius 2 is 2.10 bits per heavy atom. The first-order valence-electron chi connectivity index (χ1n) is 8.08. The Labute approximate surface area is 122 Å². The normalized spacial score (nSPS) is 23.6. The summed E-state index contributed by atoms with van der Waals surface area (Å²) in [5, 5.41) is 3.36. The summed E-state index contributed by atoms with van der Waals surface area (Å²) in [4.78, 5) is 11.3. The Hall–Kier alpha value is -1.16. The Kier molecular flexibility index (Phi) is 4.51. The van der Waals surface area contributed by atoms with Crippen LogP contribution in [0.2, 0.25) is 0 Å². The van der Waals surface area contributed by atoms with Crippen LogP contribution in [0.5, 0.6) is 0 Å². The van der Waals surface area contributed by atoms with E-state index in [-0.39, 0.29) is 0 Å². The highest BCUT2D eigenvalue weighted by Crippen LogP contribution is 2.28. The molecule has 0 aromatic carbocycles. The number of likely N-dealkylation sites (N-methyl/N-ethyl adjacent to an activating group) is 1. The third kappa shape index (κ3) is 3.29. The van der Waals surface area contributed by atoms with Crippen molar-refractivity contribution in [1.29, 1.82) is 0 Å². The average Bonchev–Trinajstić information content (AvgIpc) is 3.16. The number of anilines is 1. The van der Waals surface area contributed by atoms with Crippen molar-refractivity contribution in [3.8, 4) is 0 Å². The first-order valence-corrected chi connectivity index (χ1v) is 8.08. The summed E-state index contributed by atoms with van der Waals surface area (Å²) in [6.07, 6.45) is 11.1. The smallest absolute Gasteiger partial charge is 0.132 e. The van der Waals surface area contributed by atoms with Gasteiger partial charge in [0.25, 0.3) is 0 Å². The summed E-state index contributed by atoms with van der Waals surface area (Å²) < 4.78 is 0. The standard InChI is InChI=1S/C16H26N4/c1-17-15-8-9-20(11-15)16-10-14(18-12-19-16)7-6-13-4-2-3-5-13/h10,12-13,15,17H,2-9,11H2,1H3/t15-/m1/s1. The van der Waals surface area contributed by atoms with E-state index in [0.29, 0.717) is 6.04 Å². The topological polar surface area (TPSA) is 41.0 Å². The predicted octanol–water partition coefficient (Wildman–Crippen LogP) is 2.40. The molecule has 1 aromatic rings. The zero-order valence-corrected chi connectivity index (χ0v) is 12.5. The van der Waals surface area contributed by atoms with Crippen LogP contribution in [0.25, 0.3) is 0 Å². The molecule has 1 saturated heterocycles. The van der Waals surface area contributed by atoms with E-state index < -0.39 is 0 Å². The molecule has 4 nitrogen and oxygen atoms in total. The molecule has 1 atom stereocenters. The molecule has 1 aliphatic carbocycles. The Morgan fingerprint density at radius 1 is 1.25 bits per heavy atom. The number of nitrogens with zero attached hydrogens (tertiary/aromatic N) is 3. The van der Waals surface area contributed by atoms with E-state index >= 15 is 0 Å². The zero-order chi connectivity index (χ0) is 13.8. The van der Waals surface area contributed by atoms with Gasteiger partial charge < -0.3 is 10.2 Å². The SMILES string of the molecule is CN[C@@H]1CCN(c2cc(CCC3CCCC3)ncn2)C1.